The van der Waals surface area contributed by atoms with Crippen LogP contribution in [0.5, 0.6) is 0 Å². The van der Waals surface area contributed by atoms with Crippen molar-refractivity contribution in [2.45, 2.75) is 45.1 Å². The predicted octanol–water partition coefficient (Wildman–Crippen LogP) is 4.68. The van der Waals surface area contributed by atoms with Gasteiger partial charge in [0.05, 0.1) is 11.8 Å². The third-order valence-electron chi connectivity index (χ3n) is 8.66. The van der Waals surface area contributed by atoms with Crippen molar-refractivity contribution in [3.8, 4) is 0 Å². The second-order valence-electron chi connectivity index (χ2n) is 11.7. The summed E-state index contributed by atoms with van der Waals surface area (Å²) >= 11 is 0. The number of carbonyl (C=O) groups excluding carboxylic acids is 5. The van der Waals surface area contributed by atoms with Crippen molar-refractivity contribution in [3.63, 3.8) is 0 Å². The average Bonchev–Trinajstić information content (AvgIpc) is 3.24. The number of nitrogens with zero attached hydrogens (tertiary/aromatic N) is 1. The Morgan fingerprint density at radius 2 is 1.33 bits per heavy atom. The first kappa shape index (κ1) is 27.6. The standard InChI is InChI=1S/C34H32N2O6/c1-18(2)15-26(34(41)42-17-27(38)35-21-10-8-9-20(16-21)19(3)37)36-32(39)30-28-22-11-4-5-12-23(22)29(31(30)33(36)40)25-14-7-6-13-24(25)28/h4-14,16,18,26,28-31H,15,17H2,1-3H3,(H,35,38)/t26-,28?,29?,30-,31-/m0/s1. The summed E-state index contributed by atoms with van der Waals surface area (Å²) in [5, 5.41) is 2.62. The number of hydrogen-bond donors (Lipinski definition) is 1. The molecule has 8 heteroatoms. The second-order valence-corrected chi connectivity index (χ2v) is 11.7. The number of esters is 1. The Hall–Kier alpha value is -4.59. The van der Waals surface area contributed by atoms with Crippen LogP contribution >= 0.6 is 0 Å². The smallest absolute Gasteiger partial charge is 0.329 e. The molecule has 3 amide bonds. The number of rotatable bonds is 8. The molecule has 1 heterocycles. The first-order chi connectivity index (χ1) is 20.2. The van der Waals surface area contributed by atoms with Crippen molar-refractivity contribution in [2.24, 2.45) is 17.8 Å². The molecular formula is C34H32N2O6. The molecule has 0 saturated carbocycles. The fourth-order valence-corrected chi connectivity index (χ4v) is 7.01. The minimum absolute atomic E-state index is 0.0277. The number of anilines is 1. The number of ketones is 1. The molecule has 1 aliphatic heterocycles. The number of Topliss-reactive ketones (excluding diaryl/α,β-unsaturated/α-hetero) is 1. The Morgan fingerprint density at radius 1 is 0.810 bits per heavy atom. The third kappa shape index (κ3) is 4.51. The van der Waals surface area contributed by atoms with Crippen LogP contribution in [-0.2, 0) is 23.9 Å². The molecule has 0 aromatic heterocycles. The lowest BCUT2D eigenvalue weighted by Crippen LogP contribution is -2.47. The number of amides is 3. The number of likely N-dealkylation sites (tertiary alicyclic amines) is 1. The Kier molecular flexibility index (Phi) is 7.01. The van der Waals surface area contributed by atoms with E-state index < -0.39 is 36.4 Å². The summed E-state index contributed by atoms with van der Waals surface area (Å²) in [5.74, 6) is -4.05. The Bertz CT molecular complexity index is 1510. The maximum absolute atomic E-state index is 14.1. The molecule has 1 N–H and O–H groups in total. The van der Waals surface area contributed by atoms with Gasteiger partial charge < -0.3 is 10.1 Å². The lowest BCUT2D eigenvalue weighted by molar-refractivity contribution is -0.160. The van der Waals surface area contributed by atoms with E-state index in [4.69, 9.17) is 4.74 Å². The summed E-state index contributed by atoms with van der Waals surface area (Å²) in [6.07, 6.45) is 0.216. The van der Waals surface area contributed by atoms with Crippen LogP contribution in [0.1, 0.15) is 71.6 Å². The molecule has 2 bridgehead atoms. The Labute approximate surface area is 244 Å². The highest BCUT2D eigenvalue weighted by molar-refractivity contribution is 6.10. The molecule has 0 unspecified atom stereocenters. The first-order valence-electron chi connectivity index (χ1n) is 14.3. The monoisotopic (exact) mass is 564 g/mol. The molecule has 214 valence electrons. The van der Waals surface area contributed by atoms with Crippen LogP contribution in [0, 0.1) is 17.8 Å². The van der Waals surface area contributed by atoms with Gasteiger partial charge in [-0.25, -0.2) is 4.79 Å². The minimum atomic E-state index is -1.14. The van der Waals surface area contributed by atoms with Gasteiger partial charge in [-0.15, -0.1) is 0 Å². The molecule has 3 aliphatic carbocycles. The highest BCUT2D eigenvalue weighted by Gasteiger charge is 2.63. The van der Waals surface area contributed by atoms with Gasteiger partial charge in [-0.1, -0.05) is 74.5 Å². The van der Waals surface area contributed by atoms with E-state index in [0.29, 0.717) is 11.3 Å². The van der Waals surface area contributed by atoms with Gasteiger partial charge in [0.1, 0.15) is 6.04 Å². The van der Waals surface area contributed by atoms with Crippen LogP contribution < -0.4 is 5.32 Å². The lowest BCUT2D eigenvalue weighted by Gasteiger charge is -2.45. The van der Waals surface area contributed by atoms with Gasteiger partial charge in [-0.3, -0.25) is 24.1 Å². The summed E-state index contributed by atoms with van der Waals surface area (Å²) in [7, 11) is 0. The molecule has 7 rings (SSSR count). The molecule has 3 atom stereocenters. The van der Waals surface area contributed by atoms with Crippen molar-refractivity contribution in [1.29, 1.82) is 0 Å². The van der Waals surface area contributed by atoms with Crippen LogP contribution in [0.15, 0.2) is 72.8 Å². The van der Waals surface area contributed by atoms with Crippen molar-refractivity contribution in [3.05, 3.63) is 101 Å². The van der Waals surface area contributed by atoms with E-state index in [1.165, 1.54) is 13.0 Å². The topological polar surface area (TPSA) is 110 Å². The molecule has 1 saturated heterocycles. The van der Waals surface area contributed by atoms with Crippen molar-refractivity contribution < 1.29 is 28.7 Å². The highest BCUT2D eigenvalue weighted by atomic mass is 16.5. The summed E-state index contributed by atoms with van der Waals surface area (Å²) in [6, 6.07) is 21.3. The van der Waals surface area contributed by atoms with Gasteiger partial charge >= 0.3 is 5.97 Å². The highest BCUT2D eigenvalue weighted by Crippen LogP contribution is 2.61. The largest absolute Gasteiger partial charge is 0.454 e. The Morgan fingerprint density at radius 3 is 1.81 bits per heavy atom. The summed E-state index contributed by atoms with van der Waals surface area (Å²) in [5.41, 5.74) is 5.05. The van der Waals surface area contributed by atoms with Crippen LogP contribution in [0.2, 0.25) is 0 Å². The van der Waals surface area contributed by atoms with Gasteiger partial charge in [-0.2, -0.15) is 0 Å². The molecule has 0 spiro atoms. The van der Waals surface area contributed by atoms with Gasteiger partial charge in [0.25, 0.3) is 5.91 Å². The van der Waals surface area contributed by atoms with Crippen molar-refractivity contribution in [1.82, 2.24) is 4.90 Å². The van der Waals surface area contributed by atoms with Crippen molar-refractivity contribution >= 4 is 35.2 Å². The Balaban J connectivity index is 1.25. The SMILES string of the molecule is CC(=O)c1cccc(NC(=O)COC(=O)[C@H](CC(C)C)N2C(=O)[C@H]3C4c5ccccc5C(c5ccccc54)[C@@H]3C2=O)c1. The van der Waals surface area contributed by atoms with E-state index in [1.54, 1.807) is 18.2 Å². The van der Waals surface area contributed by atoms with E-state index in [1.807, 2.05) is 62.4 Å². The summed E-state index contributed by atoms with van der Waals surface area (Å²) in [4.78, 5) is 67.2. The molecule has 8 nitrogen and oxygen atoms in total. The summed E-state index contributed by atoms with van der Waals surface area (Å²) in [6.45, 7) is 4.64. The van der Waals surface area contributed by atoms with E-state index in [2.05, 4.69) is 5.32 Å². The van der Waals surface area contributed by atoms with Crippen LogP contribution in [0.3, 0.4) is 0 Å². The van der Waals surface area contributed by atoms with E-state index in [0.717, 1.165) is 27.2 Å². The van der Waals surface area contributed by atoms with Gasteiger partial charge in [0.15, 0.2) is 12.4 Å². The first-order valence-corrected chi connectivity index (χ1v) is 14.3. The minimum Gasteiger partial charge on any atom is -0.454 e. The molecule has 3 aromatic rings. The molecular weight excluding hydrogens is 532 g/mol. The maximum atomic E-state index is 14.1. The van der Waals surface area contributed by atoms with E-state index in [9.17, 15) is 24.0 Å². The van der Waals surface area contributed by atoms with E-state index >= 15 is 0 Å². The van der Waals surface area contributed by atoms with E-state index in [-0.39, 0.29) is 41.8 Å². The number of hydrogen-bond acceptors (Lipinski definition) is 6. The maximum Gasteiger partial charge on any atom is 0.329 e. The zero-order valence-electron chi connectivity index (χ0n) is 23.7. The zero-order chi connectivity index (χ0) is 29.7. The van der Waals surface area contributed by atoms with Gasteiger partial charge in [-0.05, 0) is 53.6 Å². The third-order valence-corrected chi connectivity index (χ3v) is 8.66. The average molecular weight is 565 g/mol. The quantitative estimate of drug-likeness (QED) is 0.242. The number of ether oxygens (including phenoxy) is 1. The number of imide groups is 1. The second kappa shape index (κ2) is 10.7. The molecule has 3 aromatic carbocycles. The van der Waals surface area contributed by atoms with Gasteiger partial charge in [0, 0.05) is 23.1 Å². The zero-order valence-corrected chi connectivity index (χ0v) is 23.7. The fraction of sp³-hybridized carbons (Fsp3) is 0.324. The van der Waals surface area contributed by atoms with Crippen LogP contribution in [0.25, 0.3) is 0 Å². The van der Waals surface area contributed by atoms with Gasteiger partial charge in [0.2, 0.25) is 11.8 Å². The summed E-state index contributed by atoms with van der Waals surface area (Å²) < 4.78 is 5.41. The fourth-order valence-electron chi connectivity index (χ4n) is 7.01. The van der Waals surface area contributed by atoms with Crippen molar-refractivity contribution in [2.75, 3.05) is 11.9 Å². The van der Waals surface area contributed by atoms with Crippen LogP contribution in [-0.4, -0.2) is 47.0 Å². The number of nitrogens with one attached hydrogen (secondary N) is 1. The molecule has 0 radical (unpaired) electrons. The lowest BCUT2D eigenvalue weighted by atomic mass is 9.55. The predicted molar refractivity (Wildman–Crippen MR) is 155 cm³/mol. The normalized spacial score (nSPS) is 22.3. The molecule has 4 aliphatic rings. The number of carbonyl (C=O) groups is 5. The van der Waals surface area contributed by atoms with Crippen LogP contribution in [0.4, 0.5) is 5.69 Å². The number of benzene rings is 3. The molecule has 1 fully saturated rings. The molecule has 42 heavy (non-hydrogen) atoms.